The molecule has 0 saturated carbocycles. The quantitative estimate of drug-likeness (QED) is 0.188. The summed E-state index contributed by atoms with van der Waals surface area (Å²) in [7, 11) is 0. The number of carbonyl (C=O) groups excluding carboxylic acids is 3. The van der Waals surface area contributed by atoms with Crippen molar-refractivity contribution in [2.24, 2.45) is 5.92 Å². The Labute approximate surface area is 272 Å². The molecule has 8 nitrogen and oxygen atoms in total. The van der Waals surface area contributed by atoms with Gasteiger partial charge in [0.2, 0.25) is 11.8 Å². The van der Waals surface area contributed by atoms with Crippen molar-refractivity contribution in [1.29, 1.82) is 0 Å². The van der Waals surface area contributed by atoms with Crippen LogP contribution in [0.3, 0.4) is 0 Å². The molecule has 0 bridgehead atoms. The van der Waals surface area contributed by atoms with E-state index in [1.54, 1.807) is 42.5 Å². The minimum absolute atomic E-state index is 0.295. The number of nitrogens with zero attached hydrogens (tertiary/aromatic N) is 1. The zero-order valence-electron chi connectivity index (χ0n) is 22.6. The molecule has 1 saturated heterocycles. The summed E-state index contributed by atoms with van der Waals surface area (Å²) in [6, 6.07) is 25.4. The van der Waals surface area contributed by atoms with Gasteiger partial charge < -0.3 is 15.0 Å². The van der Waals surface area contributed by atoms with Crippen molar-refractivity contribution in [3.05, 3.63) is 115 Å². The number of hydrogen-bond acceptors (Lipinski definition) is 7. The van der Waals surface area contributed by atoms with Gasteiger partial charge in [0.15, 0.2) is 6.61 Å². The molecule has 3 atom stereocenters. The van der Waals surface area contributed by atoms with Gasteiger partial charge in [0.05, 0.1) is 16.6 Å². The first-order valence-corrected chi connectivity index (χ1v) is 16.4. The number of halogens is 2. The molecule has 2 aliphatic heterocycles. The Balaban J connectivity index is 1.21. The Bertz CT molecular complexity index is 2030. The van der Waals surface area contributed by atoms with Gasteiger partial charge in [-0.15, -0.1) is 0 Å². The number of hydrogen-bond donors (Lipinski definition) is 2. The highest BCUT2D eigenvalue weighted by Gasteiger charge is 2.56. The van der Waals surface area contributed by atoms with Gasteiger partial charge >= 0.3 is 4.87 Å². The van der Waals surface area contributed by atoms with Crippen molar-refractivity contribution < 1.29 is 19.1 Å². The van der Waals surface area contributed by atoms with Crippen molar-refractivity contribution in [3.63, 3.8) is 0 Å². The van der Waals surface area contributed by atoms with Gasteiger partial charge in [-0.1, -0.05) is 81.0 Å². The Hall–Kier alpha value is -3.90. The first kappa shape index (κ1) is 28.8. The molecule has 0 aliphatic carbocycles. The van der Waals surface area contributed by atoms with Gasteiger partial charge in [0.1, 0.15) is 11.0 Å². The second-order valence-electron chi connectivity index (χ2n) is 10.3. The summed E-state index contributed by atoms with van der Waals surface area (Å²) in [6.45, 7) is -0.314. The number of thiazole rings is 1. The smallest absolute Gasteiger partial charge is 0.305 e. The summed E-state index contributed by atoms with van der Waals surface area (Å²) in [5.74, 6) is -2.34. The van der Waals surface area contributed by atoms with Gasteiger partial charge in [-0.05, 0) is 65.4 Å². The molecule has 12 heteroatoms. The Kier molecular flexibility index (Phi) is 7.57. The van der Waals surface area contributed by atoms with Gasteiger partial charge in [-0.2, -0.15) is 0 Å². The lowest BCUT2D eigenvalue weighted by Crippen LogP contribution is -2.32. The van der Waals surface area contributed by atoms with E-state index in [9.17, 15) is 19.2 Å². The zero-order chi connectivity index (χ0) is 30.5. The van der Waals surface area contributed by atoms with Crippen LogP contribution in [0.5, 0.6) is 5.75 Å². The van der Waals surface area contributed by atoms with Crippen LogP contribution in [0.15, 0.2) is 99.2 Å². The van der Waals surface area contributed by atoms with E-state index in [0.29, 0.717) is 37.6 Å². The van der Waals surface area contributed by atoms with Gasteiger partial charge in [-0.3, -0.25) is 19.2 Å². The van der Waals surface area contributed by atoms with Crippen molar-refractivity contribution >= 4 is 90.5 Å². The highest BCUT2D eigenvalue weighted by molar-refractivity contribution is 9.10. The number of ether oxygens (including phenoxy) is 1. The number of nitrogens with one attached hydrogen (secondary N) is 2. The topological polar surface area (TPSA) is 109 Å². The minimum atomic E-state index is -0.831. The average Bonchev–Trinajstić information content (AvgIpc) is 3.51. The van der Waals surface area contributed by atoms with E-state index in [1.165, 1.54) is 16.7 Å². The second kappa shape index (κ2) is 11.6. The summed E-state index contributed by atoms with van der Waals surface area (Å²) in [5, 5.41) is 5.05. The van der Waals surface area contributed by atoms with Gasteiger partial charge in [0.25, 0.3) is 5.91 Å². The monoisotopic (exact) mass is 705 g/mol. The van der Waals surface area contributed by atoms with Crippen molar-refractivity contribution in [2.75, 3.05) is 16.8 Å². The average molecular weight is 707 g/mol. The number of aromatic amines is 1. The summed E-state index contributed by atoms with van der Waals surface area (Å²) in [6.07, 6.45) is 0. The number of H-pyrrole nitrogens is 1. The zero-order valence-corrected chi connectivity index (χ0v) is 26.6. The molecule has 3 amide bonds. The van der Waals surface area contributed by atoms with Crippen LogP contribution in [0.4, 0.5) is 11.4 Å². The predicted molar refractivity (Wildman–Crippen MR) is 176 cm³/mol. The fourth-order valence-electron chi connectivity index (χ4n) is 5.70. The second-order valence-corrected chi connectivity index (χ2v) is 13.8. The third-order valence-electron chi connectivity index (χ3n) is 7.61. The van der Waals surface area contributed by atoms with Crippen LogP contribution in [-0.2, 0) is 14.4 Å². The summed E-state index contributed by atoms with van der Waals surface area (Å²) in [4.78, 5) is 57.6. The van der Waals surface area contributed by atoms with E-state index in [-0.39, 0.29) is 29.2 Å². The largest absolute Gasteiger partial charge is 0.483 e. The molecule has 3 unspecified atom stereocenters. The van der Waals surface area contributed by atoms with E-state index in [1.807, 2.05) is 42.5 Å². The summed E-state index contributed by atoms with van der Waals surface area (Å²) >= 11 is 12.0. The molecule has 2 aliphatic rings. The molecule has 7 rings (SSSR count). The summed E-state index contributed by atoms with van der Waals surface area (Å²) < 4.78 is 6.86. The number of carbonyl (C=O) groups is 3. The standard InChI is InChI=1S/C32H21BrClN3O5S2/c33-18-6-10-21(11-7-18)37-30(39)26-25(27-29(36-32(41)44-27)43-28(26)31(37)40)22-14-19(34)8-12-23(22)42-15-24(38)35-20-9-5-16-3-1-2-4-17(16)13-20/h1-14,25-26,28H,15H2,(H,35,38)(H,36,41). The van der Waals surface area contributed by atoms with Crippen LogP contribution in [-0.4, -0.2) is 34.6 Å². The first-order chi connectivity index (χ1) is 21.3. The fraction of sp³-hybridized carbons (Fsp3) is 0.125. The molecule has 2 N–H and O–H groups in total. The normalized spacial score (nSPS) is 19.1. The van der Waals surface area contributed by atoms with Crippen LogP contribution < -0.4 is 19.8 Å². The number of benzene rings is 4. The predicted octanol–water partition coefficient (Wildman–Crippen LogP) is 6.82. The van der Waals surface area contributed by atoms with Gasteiger partial charge in [0, 0.05) is 31.5 Å². The lowest BCUT2D eigenvalue weighted by Gasteiger charge is -2.31. The third-order valence-corrected chi connectivity index (χ3v) is 10.8. The fourth-order valence-corrected chi connectivity index (χ4v) is 8.65. The molecule has 4 aromatic carbocycles. The molecule has 1 aromatic heterocycles. The third kappa shape index (κ3) is 5.23. The molecule has 1 fully saturated rings. The Morgan fingerprint density at radius 1 is 0.955 bits per heavy atom. The number of fused-ring (bicyclic) bond motifs is 3. The van der Waals surface area contributed by atoms with Crippen LogP contribution in [0.1, 0.15) is 16.4 Å². The molecular formula is C32H21BrClN3O5S2. The number of amides is 3. The van der Waals surface area contributed by atoms with Crippen LogP contribution >= 0.6 is 50.6 Å². The SMILES string of the molecule is O=C(COc1ccc(Cl)cc1C1c2sc(=O)[nH]c2SC2C(=O)N(c3ccc(Br)cc3)C(=O)C21)Nc1ccc2ccccc2c1. The van der Waals surface area contributed by atoms with Crippen LogP contribution in [0, 0.1) is 5.92 Å². The van der Waals surface area contributed by atoms with E-state index in [0.717, 1.165) is 26.6 Å². The number of rotatable bonds is 6. The maximum Gasteiger partial charge on any atom is 0.305 e. The lowest BCUT2D eigenvalue weighted by molar-refractivity contribution is -0.122. The summed E-state index contributed by atoms with van der Waals surface area (Å²) in [5.41, 5.74) is 1.61. The molecule has 220 valence electrons. The van der Waals surface area contributed by atoms with E-state index in [4.69, 9.17) is 16.3 Å². The van der Waals surface area contributed by atoms with Crippen molar-refractivity contribution in [3.8, 4) is 5.75 Å². The Morgan fingerprint density at radius 2 is 1.73 bits per heavy atom. The molecule has 5 aromatic rings. The number of imide groups is 1. The molecule has 0 radical (unpaired) electrons. The number of thioether (sulfide) groups is 1. The number of anilines is 2. The van der Waals surface area contributed by atoms with Crippen molar-refractivity contribution in [1.82, 2.24) is 4.98 Å². The highest BCUT2D eigenvalue weighted by atomic mass is 79.9. The minimum Gasteiger partial charge on any atom is -0.483 e. The van der Waals surface area contributed by atoms with E-state index in [2.05, 4.69) is 26.2 Å². The van der Waals surface area contributed by atoms with E-state index < -0.39 is 17.1 Å². The molecule has 3 heterocycles. The van der Waals surface area contributed by atoms with Crippen LogP contribution in [0.25, 0.3) is 10.8 Å². The van der Waals surface area contributed by atoms with E-state index >= 15 is 0 Å². The Morgan fingerprint density at radius 3 is 2.52 bits per heavy atom. The molecule has 0 spiro atoms. The van der Waals surface area contributed by atoms with Crippen molar-refractivity contribution in [2.45, 2.75) is 16.2 Å². The lowest BCUT2D eigenvalue weighted by atomic mass is 9.82. The number of aromatic nitrogens is 1. The molecule has 44 heavy (non-hydrogen) atoms. The first-order valence-electron chi connectivity index (χ1n) is 13.5. The maximum absolute atomic E-state index is 14.1. The van der Waals surface area contributed by atoms with Gasteiger partial charge in [-0.25, -0.2) is 4.90 Å². The maximum atomic E-state index is 14.1. The molecular weight excluding hydrogens is 686 g/mol. The highest BCUT2D eigenvalue weighted by Crippen LogP contribution is 2.54. The van der Waals surface area contributed by atoms with Crippen LogP contribution in [0.2, 0.25) is 5.02 Å².